The molecule has 2 aromatic rings. The zero-order valence-electron chi connectivity index (χ0n) is 9.90. The summed E-state index contributed by atoms with van der Waals surface area (Å²) in [7, 11) is 0. The Morgan fingerprint density at radius 3 is 3.00 bits per heavy atom. The fourth-order valence-corrected chi connectivity index (χ4v) is 4.19. The van der Waals surface area contributed by atoms with Crippen LogP contribution < -0.4 is 5.73 Å². The molecule has 18 heavy (non-hydrogen) atoms. The van der Waals surface area contributed by atoms with Crippen LogP contribution in [0.1, 0.15) is 23.3 Å². The van der Waals surface area contributed by atoms with Crippen LogP contribution in [-0.4, -0.2) is 15.7 Å². The molecular formula is C13H13N3S2. The summed E-state index contributed by atoms with van der Waals surface area (Å²) in [5, 5.41) is 1.77. The number of aromatic nitrogens is 2. The summed E-state index contributed by atoms with van der Waals surface area (Å²) in [6.45, 7) is 0. The number of nitrogen functional groups attached to an aromatic ring is 1. The van der Waals surface area contributed by atoms with Crippen LogP contribution in [0.25, 0.3) is 10.2 Å². The topological polar surface area (TPSA) is 51.8 Å². The summed E-state index contributed by atoms with van der Waals surface area (Å²) in [5.74, 6) is 3.77. The number of thiophene rings is 1. The number of aryl methyl sites for hydroxylation is 2. The third kappa shape index (κ3) is 1.96. The van der Waals surface area contributed by atoms with Crippen molar-refractivity contribution in [1.29, 1.82) is 0 Å². The van der Waals surface area contributed by atoms with Crippen molar-refractivity contribution in [2.24, 2.45) is 0 Å². The second kappa shape index (κ2) is 4.79. The number of hydrogen-bond donors (Lipinski definition) is 1. The van der Waals surface area contributed by atoms with Crippen molar-refractivity contribution in [3.05, 3.63) is 10.4 Å². The van der Waals surface area contributed by atoms with Crippen LogP contribution in [0, 0.1) is 12.3 Å². The maximum atomic E-state index is 6.09. The van der Waals surface area contributed by atoms with Crippen LogP contribution in [0.3, 0.4) is 0 Å². The van der Waals surface area contributed by atoms with Crippen molar-refractivity contribution >= 4 is 39.1 Å². The summed E-state index contributed by atoms with van der Waals surface area (Å²) in [5.41, 5.74) is 7.47. The van der Waals surface area contributed by atoms with E-state index in [0.717, 1.165) is 23.1 Å². The van der Waals surface area contributed by atoms with Gasteiger partial charge in [0.25, 0.3) is 0 Å². The van der Waals surface area contributed by atoms with Gasteiger partial charge in [0.1, 0.15) is 10.6 Å². The van der Waals surface area contributed by atoms with E-state index in [9.17, 15) is 0 Å². The zero-order chi connectivity index (χ0) is 12.5. The largest absolute Gasteiger partial charge is 0.383 e. The second-order valence-electron chi connectivity index (χ2n) is 4.28. The van der Waals surface area contributed by atoms with Crippen LogP contribution in [0.4, 0.5) is 5.82 Å². The monoisotopic (exact) mass is 275 g/mol. The molecule has 2 heterocycles. The Labute approximate surface area is 114 Å². The highest BCUT2D eigenvalue weighted by Gasteiger charge is 2.19. The SMILES string of the molecule is C#CCSc1nc(N)c2c3c(sc2n1)CCCC3. The molecule has 92 valence electrons. The quantitative estimate of drug-likeness (QED) is 0.520. The minimum Gasteiger partial charge on any atom is -0.383 e. The van der Waals surface area contributed by atoms with Gasteiger partial charge < -0.3 is 5.73 Å². The second-order valence-corrected chi connectivity index (χ2v) is 6.30. The Bertz CT molecular complexity index is 640. The number of nitrogens with two attached hydrogens (primary N) is 1. The number of rotatable bonds is 2. The van der Waals surface area contributed by atoms with Crippen LogP contribution >= 0.6 is 23.1 Å². The minimum atomic E-state index is 0.579. The van der Waals surface area contributed by atoms with Crippen LogP contribution in [0.15, 0.2) is 5.16 Å². The maximum absolute atomic E-state index is 6.09. The van der Waals surface area contributed by atoms with E-state index >= 15 is 0 Å². The molecule has 0 bridgehead atoms. The Hall–Kier alpha value is -1.25. The molecule has 0 amide bonds. The van der Waals surface area contributed by atoms with Gasteiger partial charge >= 0.3 is 0 Å². The molecule has 3 rings (SSSR count). The molecule has 2 aromatic heterocycles. The lowest BCUT2D eigenvalue weighted by Crippen LogP contribution is -2.01. The van der Waals surface area contributed by atoms with E-state index in [-0.39, 0.29) is 0 Å². The Balaban J connectivity index is 2.11. The molecule has 0 aromatic carbocycles. The number of fused-ring (bicyclic) bond motifs is 3. The molecule has 0 spiro atoms. The van der Waals surface area contributed by atoms with Crippen molar-refractivity contribution in [3.63, 3.8) is 0 Å². The van der Waals surface area contributed by atoms with Gasteiger partial charge in [-0.2, -0.15) is 0 Å². The third-order valence-electron chi connectivity index (χ3n) is 3.11. The normalized spacial score (nSPS) is 14.4. The molecule has 3 nitrogen and oxygen atoms in total. The minimum absolute atomic E-state index is 0.579. The van der Waals surface area contributed by atoms with Gasteiger partial charge in [0, 0.05) is 4.88 Å². The highest BCUT2D eigenvalue weighted by atomic mass is 32.2. The fraction of sp³-hybridized carbons (Fsp3) is 0.385. The Kier molecular flexibility index (Phi) is 3.14. The first-order valence-electron chi connectivity index (χ1n) is 5.93. The van der Waals surface area contributed by atoms with Crippen molar-refractivity contribution in [3.8, 4) is 12.3 Å². The first kappa shape index (κ1) is 11.8. The van der Waals surface area contributed by atoms with E-state index in [1.807, 2.05) is 0 Å². The van der Waals surface area contributed by atoms with Crippen molar-refractivity contribution in [2.45, 2.75) is 30.8 Å². The molecule has 0 saturated carbocycles. The van der Waals surface area contributed by atoms with Crippen LogP contribution in [-0.2, 0) is 12.8 Å². The van der Waals surface area contributed by atoms with E-state index in [2.05, 4.69) is 15.9 Å². The van der Waals surface area contributed by atoms with Gasteiger partial charge in [0.05, 0.1) is 11.1 Å². The lowest BCUT2D eigenvalue weighted by Gasteiger charge is -2.10. The first-order chi connectivity index (χ1) is 8.79. The number of hydrogen-bond acceptors (Lipinski definition) is 5. The molecule has 1 aliphatic carbocycles. The maximum Gasteiger partial charge on any atom is 0.191 e. The molecule has 0 unspecified atom stereocenters. The Morgan fingerprint density at radius 1 is 1.33 bits per heavy atom. The van der Waals surface area contributed by atoms with Gasteiger partial charge in [-0.25, -0.2) is 9.97 Å². The summed E-state index contributed by atoms with van der Waals surface area (Å²) in [4.78, 5) is 11.4. The summed E-state index contributed by atoms with van der Waals surface area (Å²) < 4.78 is 0. The predicted octanol–water partition coefficient (Wildman–Crippen LogP) is 2.88. The number of nitrogens with zero attached hydrogens (tertiary/aromatic N) is 2. The number of thioether (sulfide) groups is 1. The first-order valence-corrected chi connectivity index (χ1v) is 7.74. The molecule has 0 fully saturated rings. The lowest BCUT2D eigenvalue weighted by atomic mass is 9.97. The van der Waals surface area contributed by atoms with Gasteiger partial charge in [0.15, 0.2) is 5.16 Å². The molecule has 0 radical (unpaired) electrons. The van der Waals surface area contributed by atoms with Gasteiger partial charge in [0.2, 0.25) is 0 Å². The predicted molar refractivity (Wildman–Crippen MR) is 78.0 cm³/mol. The van der Waals surface area contributed by atoms with Crippen molar-refractivity contribution in [2.75, 3.05) is 11.5 Å². The lowest BCUT2D eigenvalue weighted by molar-refractivity contribution is 0.700. The van der Waals surface area contributed by atoms with Gasteiger partial charge in [-0.1, -0.05) is 17.7 Å². The molecule has 0 atom stereocenters. The summed E-state index contributed by atoms with van der Waals surface area (Å²) in [6, 6.07) is 0. The average Bonchev–Trinajstić information content (AvgIpc) is 2.74. The molecule has 2 N–H and O–H groups in total. The van der Waals surface area contributed by atoms with Gasteiger partial charge in [-0.3, -0.25) is 0 Å². The third-order valence-corrected chi connectivity index (χ3v) is 5.04. The summed E-state index contributed by atoms with van der Waals surface area (Å²) >= 11 is 3.23. The zero-order valence-corrected chi connectivity index (χ0v) is 11.5. The van der Waals surface area contributed by atoms with Crippen molar-refractivity contribution in [1.82, 2.24) is 9.97 Å². The van der Waals surface area contributed by atoms with E-state index in [1.165, 1.54) is 35.0 Å². The standard InChI is InChI=1S/C13H13N3S2/c1-2-7-17-13-15-11(14)10-8-5-3-4-6-9(8)18-12(10)16-13/h1H,3-7H2,(H2,14,15,16). The highest BCUT2D eigenvalue weighted by Crippen LogP contribution is 2.38. The van der Waals surface area contributed by atoms with Gasteiger partial charge in [-0.05, 0) is 31.2 Å². The summed E-state index contributed by atoms with van der Waals surface area (Å²) in [6.07, 6.45) is 10.0. The van der Waals surface area contributed by atoms with E-state index < -0.39 is 0 Å². The van der Waals surface area contributed by atoms with Crippen LogP contribution in [0.5, 0.6) is 0 Å². The molecule has 5 heteroatoms. The molecular weight excluding hydrogens is 262 g/mol. The molecule has 1 aliphatic rings. The van der Waals surface area contributed by atoms with E-state index in [1.54, 1.807) is 11.3 Å². The van der Waals surface area contributed by atoms with Crippen molar-refractivity contribution < 1.29 is 0 Å². The van der Waals surface area contributed by atoms with E-state index in [0.29, 0.717) is 16.7 Å². The molecule has 0 aliphatic heterocycles. The smallest absolute Gasteiger partial charge is 0.191 e. The van der Waals surface area contributed by atoms with Crippen LogP contribution in [0.2, 0.25) is 0 Å². The average molecular weight is 275 g/mol. The van der Waals surface area contributed by atoms with E-state index in [4.69, 9.17) is 12.2 Å². The van der Waals surface area contributed by atoms with Gasteiger partial charge in [-0.15, -0.1) is 17.8 Å². The molecule has 0 saturated heterocycles. The Morgan fingerprint density at radius 2 is 2.17 bits per heavy atom. The fourth-order valence-electron chi connectivity index (χ4n) is 2.34. The highest BCUT2D eigenvalue weighted by molar-refractivity contribution is 7.99. The number of terminal acetylenes is 1. The number of anilines is 1.